The quantitative estimate of drug-likeness (QED) is 0.625. The number of hydrogen-bond donors (Lipinski definition) is 0. The molecule has 2 aromatic heterocycles. The lowest BCUT2D eigenvalue weighted by molar-refractivity contribution is -0.119. The highest BCUT2D eigenvalue weighted by atomic mass is 32.1. The molecule has 0 radical (unpaired) electrons. The van der Waals surface area contributed by atoms with Gasteiger partial charge in [0.1, 0.15) is 6.54 Å². The molecular formula is C19H23N5OS. The van der Waals surface area contributed by atoms with Crippen molar-refractivity contribution in [1.82, 2.24) is 19.1 Å². The van der Waals surface area contributed by atoms with Gasteiger partial charge in [-0.05, 0) is 50.3 Å². The molecule has 0 aliphatic rings. The van der Waals surface area contributed by atoms with E-state index < -0.39 is 0 Å². The summed E-state index contributed by atoms with van der Waals surface area (Å²) in [5.41, 5.74) is 0.875. The smallest absolute Gasteiger partial charge is 0.249 e. The highest BCUT2D eigenvalue weighted by Gasteiger charge is 2.21. The van der Waals surface area contributed by atoms with Gasteiger partial charge in [-0.15, -0.1) is 0 Å². The van der Waals surface area contributed by atoms with Gasteiger partial charge in [0.25, 0.3) is 0 Å². The molecule has 0 fully saturated rings. The number of carbonyl (C=O) groups excluding carboxylic acids is 1. The van der Waals surface area contributed by atoms with E-state index in [0.717, 1.165) is 17.9 Å². The van der Waals surface area contributed by atoms with Gasteiger partial charge in [0.05, 0.1) is 0 Å². The normalized spacial score (nSPS) is 11.1. The summed E-state index contributed by atoms with van der Waals surface area (Å²) in [6.45, 7) is 6.13. The lowest BCUT2D eigenvalue weighted by Crippen LogP contribution is -2.39. The fraction of sp³-hybridized carbons (Fsp3) is 0.316. The second-order valence-electron chi connectivity index (χ2n) is 6.28. The summed E-state index contributed by atoms with van der Waals surface area (Å²) in [6.07, 6.45) is 4.54. The van der Waals surface area contributed by atoms with E-state index in [-0.39, 0.29) is 18.5 Å². The molecule has 0 bridgehead atoms. The van der Waals surface area contributed by atoms with Gasteiger partial charge in [-0.1, -0.05) is 25.1 Å². The van der Waals surface area contributed by atoms with Crippen LogP contribution in [0.15, 0.2) is 54.9 Å². The van der Waals surface area contributed by atoms with E-state index in [9.17, 15) is 4.79 Å². The Kier molecular flexibility index (Phi) is 5.37. The molecule has 0 N–H and O–H groups in total. The van der Waals surface area contributed by atoms with Crippen molar-refractivity contribution < 1.29 is 4.79 Å². The molecule has 136 valence electrons. The number of nitrogens with zero attached hydrogens (tertiary/aromatic N) is 5. The largest absolute Gasteiger partial charge is 0.308 e. The minimum atomic E-state index is -0.0397. The van der Waals surface area contributed by atoms with Gasteiger partial charge in [0.2, 0.25) is 10.7 Å². The monoisotopic (exact) mass is 369 g/mol. The van der Waals surface area contributed by atoms with Crippen molar-refractivity contribution in [2.24, 2.45) is 0 Å². The fourth-order valence-electron chi connectivity index (χ4n) is 2.98. The first kappa shape index (κ1) is 18.1. The van der Waals surface area contributed by atoms with Gasteiger partial charge >= 0.3 is 0 Å². The van der Waals surface area contributed by atoms with Crippen molar-refractivity contribution in [3.8, 4) is 0 Å². The van der Waals surface area contributed by atoms with Gasteiger partial charge in [-0.25, -0.2) is 9.36 Å². The molecule has 0 aliphatic carbocycles. The molecule has 1 amide bonds. The number of rotatable bonds is 6. The molecule has 3 aromatic rings. The summed E-state index contributed by atoms with van der Waals surface area (Å²) in [5.74, 6) is 0.775. The maximum absolute atomic E-state index is 13.0. The number of aryl methyl sites for hydroxylation is 1. The molecule has 6 nitrogen and oxygen atoms in total. The first-order valence-electron chi connectivity index (χ1n) is 8.72. The Morgan fingerprint density at radius 2 is 1.81 bits per heavy atom. The zero-order valence-corrected chi connectivity index (χ0v) is 16.1. The SMILES string of the molecule is CCc1nn(CC(=O)N(c2ccccc2)C(C)C)c(=S)n1-n1cccc1. The van der Waals surface area contributed by atoms with Crippen LogP contribution in [0.3, 0.4) is 0 Å². The number of carbonyl (C=O) groups is 1. The Labute approximate surface area is 158 Å². The molecule has 3 rings (SSSR count). The lowest BCUT2D eigenvalue weighted by Gasteiger charge is -2.26. The van der Waals surface area contributed by atoms with Crippen molar-refractivity contribution in [1.29, 1.82) is 0 Å². The predicted octanol–water partition coefficient (Wildman–Crippen LogP) is 3.53. The number of anilines is 1. The Morgan fingerprint density at radius 1 is 1.15 bits per heavy atom. The second-order valence-corrected chi connectivity index (χ2v) is 6.64. The summed E-state index contributed by atoms with van der Waals surface area (Å²) in [7, 11) is 0. The van der Waals surface area contributed by atoms with Crippen molar-refractivity contribution in [3.05, 3.63) is 65.5 Å². The third kappa shape index (κ3) is 3.48. The molecule has 0 atom stereocenters. The average Bonchev–Trinajstić information content (AvgIpc) is 3.24. The number of hydrogen-bond acceptors (Lipinski definition) is 3. The van der Waals surface area contributed by atoms with Gasteiger partial charge in [0, 0.05) is 30.5 Å². The summed E-state index contributed by atoms with van der Waals surface area (Å²) < 4.78 is 5.84. The first-order chi connectivity index (χ1) is 12.5. The van der Waals surface area contributed by atoms with E-state index in [0.29, 0.717) is 4.77 Å². The number of aromatic nitrogens is 4. The molecule has 0 unspecified atom stereocenters. The van der Waals surface area contributed by atoms with Crippen LogP contribution in [-0.4, -0.2) is 31.1 Å². The summed E-state index contributed by atoms with van der Waals surface area (Å²) >= 11 is 5.59. The standard InChI is InChI=1S/C19H23N5OS/c1-4-17-20-22(19(26)24(17)21-12-8-9-13-21)14-18(25)23(15(2)3)16-10-6-5-7-11-16/h5-13,15H,4,14H2,1-3H3. The Bertz CT molecular complexity index is 925. The van der Waals surface area contributed by atoms with Crippen LogP contribution in [-0.2, 0) is 17.8 Å². The topological polar surface area (TPSA) is 48.0 Å². The van der Waals surface area contributed by atoms with Crippen LogP contribution in [0.4, 0.5) is 5.69 Å². The van der Waals surface area contributed by atoms with Crippen LogP contribution in [0.2, 0.25) is 0 Å². The first-order valence-corrected chi connectivity index (χ1v) is 9.13. The van der Waals surface area contributed by atoms with Crippen LogP contribution in [0.1, 0.15) is 26.6 Å². The van der Waals surface area contributed by atoms with Crippen molar-refractivity contribution in [3.63, 3.8) is 0 Å². The van der Waals surface area contributed by atoms with Gasteiger partial charge in [0.15, 0.2) is 5.82 Å². The molecule has 0 spiro atoms. The number of amides is 1. The second kappa shape index (κ2) is 7.70. The summed E-state index contributed by atoms with van der Waals surface area (Å²) in [4.78, 5) is 14.8. The molecular weight excluding hydrogens is 346 g/mol. The molecule has 0 saturated carbocycles. The van der Waals surface area contributed by atoms with E-state index >= 15 is 0 Å². The zero-order valence-electron chi connectivity index (χ0n) is 15.2. The number of para-hydroxylation sites is 1. The minimum absolute atomic E-state index is 0.0382. The van der Waals surface area contributed by atoms with Crippen LogP contribution >= 0.6 is 12.2 Å². The van der Waals surface area contributed by atoms with E-state index in [1.54, 1.807) is 9.58 Å². The third-order valence-electron chi connectivity index (χ3n) is 4.12. The van der Waals surface area contributed by atoms with Crippen molar-refractivity contribution in [2.75, 3.05) is 4.90 Å². The zero-order chi connectivity index (χ0) is 18.7. The van der Waals surface area contributed by atoms with E-state index in [1.807, 2.05) is 85.0 Å². The number of benzene rings is 1. The van der Waals surface area contributed by atoms with E-state index in [2.05, 4.69) is 5.10 Å². The molecule has 0 aliphatic heterocycles. The maximum atomic E-state index is 13.0. The Balaban J connectivity index is 1.93. The highest BCUT2D eigenvalue weighted by molar-refractivity contribution is 7.71. The van der Waals surface area contributed by atoms with Crippen molar-refractivity contribution >= 4 is 23.8 Å². The maximum Gasteiger partial charge on any atom is 0.249 e. The Morgan fingerprint density at radius 3 is 2.38 bits per heavy atom. The fourth-order valence-corrected chi connectivity index (χ4v) is 3.29. The molecule has 0 saturated heterocycles. The molecule has 26 heavy (non-hydrogen) atoms. The van der Waals surface area contributed by atoms with Gasteiger partial charge in [-0.3, -0.25) is 9.47 Å². The predicted molar refractivity (Wildman–Crippen MR) is 105 cm³/mol. The van der Waals surface area contributed by atoms with E-state index in [4.69, 9.17) is 12.2 Å². The van der Waals surface area contributed by atoms with Crippen molar-refractivity contribution in [2.45, 2.75) is 39.8 Å². The van der Waals surface area contributed by atoms with Crippen LogP contribution in [0.5, 0.6) is 0 Å². The molecule has 1 aromatic carbocycles. The Hall–Kier alpha value is -2.67. The van der Waals surface area contributed by atoms with Crippen LogP contribution in [0.25, 0.3) is 0 Å². The average molecular weight is 369 g/mol. The molecule has 7 heteroatoms. The summed E-state index contributed by atoms with van der Waals surface area (Å²) in [5, 5.41) is 4.57. The summed E-state index contributed by atoms with van der Waals surface area (Å²) in [6, 6.07) is 13.6. The van der Waals surface area contributed by atoms with Crippen LogP contribution in [0, 0.1) is 4.77 Å². The lowest BCUT2D eigenvalue weighted by atomic mass is 10.2. The van der Waals surface area contributed by atoms with Gasteiger partial charge < -0.3 is 4.90 Å². The molecule has 2 heterocycles. The third-order valence-corrected chi connectivity index (χ3v) is 4.51. The minimum Gasteiger partial charge on any atom is -0.308 e. The van der Waals surface area contributed by atoms with E-state index in [1.165, 1.54) is 0 Å². The van der Waals surface area contributed by atoms with Crippen LogP contribution < -0.4 is 4.90 Å². The van der Waals surface area contributed by atoms with Gasteiger partial charge in [-0.2, -0.15) is 5.10 Å². The highest BCUT2D eigenvalue weighted by Crippen LogP contribution is 2.17.